The molecule has 164 valence electrons. The first-order valence-electron chi connectivity index (χ1n) is 11.7. The maximum absolute atomic E-state index is 13.1. The topological polar surface area (TPSA) is 65.5 Å². The zero-order chi connectivity index (χ0) is 21.0. The number of hydrogen-bond donors (Lipinski definition) is 1. The van der Waals surface area contributed by atoms with Crippen LogP contribution in [0, 0.1) is 11.3 Å². The van der Waals surface area contributed by atoms with Gasteiger partial charge in [-0.25, -0.2) is 0 Å². The van der Waals surface area contributed by atoms with Crippen LogP contribution in [0.5, 0.6) is 0 Å². The Balaban J connectivity index is 1.19. The number of hydrogen-bond acceptors (Lipinski definition) is 4. The van der Waals surface area contributed by atoms with E-state index in [-0.39, 0.29) is 23.3 Å². The van der Waals surface area contributed by atoms with E-state index in [1.807, 2.05) is 24.5 Å². The summed E-state index contributed by atoms with van der Waals surface area (Å²) in [4.78, 5) is 34.0. The molecule has 1 aliphatic carbocycles. The first kappa shape index (κ1) is 21.3. The van der Waals surface area contributed by atoms with Crippen molar-refractivity contribution in [2.45, 2.75) is 63.8 Å². The van der Waals surface area contributed by atoms with Gasteiger partial charge in [0.25, 0.3) is 0 Å². The molecule has 0 radical (unpaired) electrons. The molecular formula is C24H36N4O2. The Hall–Kier alpha value is -1.95. The van der Waals surface area contributed by atoms with E-state index in [1.54, 1.807) is 0 Å². The van der Waals surface area contributed by atoms with Gasteiger partial charge in [-0.05, 0) is 81.6 Å². The van der Waals surface area contributed by atoms with E-state index >= 15 is 0 Å². The van der Waals surface area contributed by atoms with Gasteiger partial charge in [0.2, 0.25) is 11.8 Å². The van der Waals surface area contributed by atoms with E-state index in [9.17, 15) is 9.59 Å². The summed E-state index contributed by atoms with van der Waals surface area (Å²) in [5, 5.41) is 3.14. The number of nitrogens with zero attached hydrogens (tertiary/aromatic N) is 3. The van der Waals surface area contributed by atoms with Crippen molar-refractivity contribution in [1.82, 2.24) is 20.1 Å². The molecule has 1 aromatic heterocycles. The fraction of sp³-hybridized carbons (Fsp3) is 0.708. The van der Waals surface area contributed by atoms with Gasteiger partial charge in [-0.1, -0.05) is 12.8 Å². The van der Waals surface area contributed by atoms with Gasteiger partial charge in [0.05, 0.1) is 6.04 Å². The van der Waals surface area contributed by atoms with Gasteiger partial charge in [0.1, 0.15) is 0 Å². The van der Waals surface area contributed by atoms with Gasteiger partial charge in [0.15, 0.2) is 0 Å². The number of aromatic nitrogens is 1. The number of amides is 2. The number of likely N-dealkylation sites (N-methyl/N-ethyl adjacent to an activating group) is 1. The molecule has 0 bridgehead atoms. The van der Waals surface area contributed by atoms with Gasteiger partial charge < -0.3 is 10.2 Å². The molecule has 2 amide bonds. The molecule has 2 unspecified atom stereocenters. The van der Waals surface area contributed by atoms with Crippen molar-refractivity contribution >= 4 is 11.8 Å². The minimum Gasteiger partial charge on any atom is -0.356 e. The lowest BCUT2D eigenvalue weighted by Crippen LogP contribution is -2.50. The summed E-state index contributed by atoms with van der Waals surface area (Å²) in [6.45, 7) is 3.38. The molecular weight excluding hydrogens is 376 g/mol. The molecule has 0 aromatic carbocycles. The summed E-state index contributed by atoms with van der Waals surface area (Å²) in [6.07, 6.45) is 13.1. The number of carbonyl (C=O) groups excluding carboxylic acids is 2. The molecule has 1 aromatic rings. The Morgan fingerprint density at radius 1 is 1.13 bits per heavy atom. The molecule has 1 spiro atoms. The van der Waals surface area contributed by atoms with Crippen LogP contribution in [0.3, 0.4) is 0 Å². The highest BCUT2D eigenvalue weighted by atomic mass is 16.2. The second-order valence-corrected chi connectivity index (χ2v) is 9.54. The monoisotopic (exact) mass is 412 g/mol. The van der Waals surface area contributed by atoms with Crippen LogP contribution in [-0.4, -0.2) is 65.9 Å². The van der Waals surface area contributed by atoms with E-state index in [4.69, 9.17) is 0 Å². The Labute approximate surface area is 180 Å². The largest absolute Gasteiger partial charge is 0.356 e. The zero-order valence-corrected chi connectivity index (χ0v) is 18.3. The average molecular weight is 413 g/mol. The number of piperidine rings is 1. The number of pyridine rings is 1. The third-order valence-corrected chi connectivity index (χ3v) is 7.57. The smallest absolute Gasteiger partial charge is 0.239 e. The van der Waals surface area contributed by atoms with Crippen LogP contribution >= 0.6 is 0 Å². The molecule has 2 saturated heterocycles. The van der Waals surface area contributed by atoms with Crippen LogP contribution in [0.25, 0.3) is 0 Å². The summed E-state index contributed by atoms with van der Waals surface area (Å²) in [5.74, 6) is 0.677. The van der Waals surface area contributed by atoms with Gasteiger partial charge in [-0.2, -0.15) is 0 Å². The van der Waals surface area contributed by atoms with Gasteiger partial charge in [-0.3, -0.25) is 19.5 Å². The van der Waals surface area contributed by atoms with E-state index < -0.39 is 0 Å². The molecule has 3 fully saturated rings. The standard InChI is InChI=1S/C24H36N4O2/c1-27-15-4-2-3-7-21(27)23(30)28-16-10-24(11-17-28)18-20(24)22(29)26-12-5-6-19-8-13-25-14-9-19/h8-9,13-14,20-21H,2-7,10-12,15-18H2,1H3,(H,26,29). The lowest BCUT2D eigenvalue weighted by molar-refractivity contribution is -0.138. The highest BCUT2D eigenvalue weighted by Gasteiger charge is 2.58. The van der Waals surface area contributed by atoms with Crippen molar-refractivity contribution in [3.63, 3.8) is 0 Å². The first-order chi connectivity index (χ1) is 14.6. The summed E-state index contributed by atoms with van der Waals surface area (Å²) in [5.41, 5.74) is 1.42. The maximum Gasteiger partial charge on any atom is 0.239 e. The van der Waals surface area contributed by atoms with E-state index in [2.05, 4.69) is 27.1 Å². The normalized spacial score (nSPS) is 26.2. The first-order valence-corrected chi connectivity index (χ1v) is 11.7. The minimum absolute atomic E-state index is 0.0558. The molecule has 3 heterocycles. The van der Waals surface area contributed by atoms with Crippen molar-refractivity contribution < 1.29 is 9.59 Å². The van der Waals surface area contributed by atoms with Crippen molar-refractivity contribution in [3.05, 3.63) is 30.1 Å². The van der Waals surface area contributed by atoms with Crippen LogP contribution in [0.1, 0.15) is 56.9 Å². The average Bonchev–Trinajstić information content (AvgIpc) is 3.51. The number of likely N-dealkylation sites (tertiary alicyclic amines) is 2. The fourth-order valence-corrected chi connectivity index (χ4v) is 5.39. The number of rotatable bonds is 6. The molecule has 6 heteroatoms. The minimum atomic E-state index is 0.0558. The molecule has 2 aliphatic heterocycles. The molecule has 4 rings (SSSR count). The Morgan fingerprint density at radius 3 is 2.67 bits per heavy atom. The quantitative estimate of drug-likeness (QED) is 0.730. The van der Waals surface area contributed by atoms with Crippen LogP contribution in [-0.2, 0) is 16.0 Å². The van der Waals surface area contributed by atoms with Crippen LogP contribution in [0.4, 0.5) is 0 Å². The van der Waals surface area contributed by atoms with Gasteiger partial charge in [-0.15, -0.1) is 0 Å². The summed E-state index contributed by atoms with van der Waals surface area (Å²) in [6, 6.07) is 4.11. The van der Waals surface area contributed by atoms with Crippen LogP contribution in [0.2, 0.25) is 0 Å². The molecule has 30 heavy (non-hydrogen) atoms. The summed E-state index contributed by atoms with van der Waals surface area (Å²) in [7, 11) is 2.09. The van der Waals surface area contributed by atoms with Crippen molar-refractivity contribution in [2.24, 2.45) is 11.3 Å². The molecule has 6 nitrogen and oxygen atoms in total. The molecule has 3 aliphatic rings. The fourth-order valence-electron chi connectivity index (χ4n) is 5.39. The third kappa shape index (κ3) is 4.85. The molecule has 1 saturated carbocycles. The summed E-state index contributed by atoms with van der Waals surface area (Å²) < 4.78 is 0. The van der Waals surface area contributed by atoms with Gasteiger partial charge in [0, 0.05) is 37.9 Å². The highest BCUT2D eigenvalue weighted by Crippen LogP contribution is 2.59. The van der Waals surface area contributed by atoms with Crippen molar-refractivity contribution in [3.8, 4) is 0 Å². The maximum atomic E-state index is 13.1. The van der Waals surface area contributed by atoms with Crippen LogP contribution in [0.15, 0.2) is 24.5 Å². The van der Waals surface area contributed by atoms with Crippen LogP contribution < -0.4 is 5.32 Å². The number of nitrogens with one attached hydrogen (secondary N) is 1. The third-order valence-electron chi connectivity index (χ3n) is 7.57. The van der Waals surface area contributed by atoms with E-state index in [1.165, 1.54) is 18.4 Å². The predicted octanol–water partition coefficient (Wildman–Crippen LogP) is 2.63. The predicted molar refractivity (Wildman–Crippen MR) is 117 cm³/mol. The Kier molecular flexibility index (Phi) is 6.71. The Morgan fingerprint density at radius 2 is 1.90 bits per heavy atom. The highest BCUT2D eigenvalue weighted by molar-refractivity contribution is 5.83. The number of aryl methyl sites for hydroxylation is 1. The zero-order valence-electron chi connectivity index (χ0n) is 18.3. The lowest BCUT2D eigenvalue weighted by atomic mass is 9.90. The van der Waals surface area contributed by atoms with Crippen molar-refractivity contribution in [2.75, 3.05) is 33.2 Å². The molecule has 1 N–H and O–H groups in total. The lowest BCUT2D eigenvalue weighted by Gasteiger charge is -2.37. The molecule has 2 atom stereocenters. The summed E-state index contributed by atoms with van der Waals surface area (Å²) >= 11 is 0. The van der Waals surface area contributed by atoms with Crippen molar-refractivity contribution in [1.29, 1.82) is 0 Å². The van der Waals surface area contributed by atoms with E-state index in [0.717, 1.165) is 71.1 Å². The SMILES string of the molecule is CN1CCCCCC1C(=O)N1CCC2(CC1)CC2C(=O)NCCCc1ccncc1. The second kappa shape index (κ2) is 9.46. The second-order valence-electron chi connectivity index (χ2n) is 9.54. The van der Waals surface area contributed by atoms with E-state index in [0.29, 0.717) is 5.91 Å². The van der Waals surface area contributed by atoms with Gasteiger partial charge >= 0.3 is 0 Å². The Bertz CT molecular complexity index is 730. The number of carbonyl (C=O) groups is 2.